The first-order valence-corrected chi connectivity index (χ1v) is 7.46. The Labute approximate surface area is 125 Å². The monoisotopic (exact) mass is 295 g/mol. The average Bonchev–Trinajstić information content (AvgIpc) is 2.88. The van der Waals surface area contributed by atoms with Crippen LogP contribution in [0.15, 0.2) is 18.2 Å². The number of anilines is 1. The molecule has 1 fully saturated rings. The molecule has 0 aromatic heterocycles. The first-order valence-electron chi connectivity index (χ1n) is 7.46. The Bertz CT molecular complexity index is 458. The van der Waals surface area contributed by atoms with E-state index in [4.69, 9.17) is 20.3 Å². The summed E-state index contributed by atoms with van der Waals surface area (Å²) in [6, 6.07) is 5.74. The molecule has 1 aromatic carbocycles. The number of nitrogen functional groups attached to an aromatic ring is 1. The molecule has 1 aliphatic heterocycles. The smallest absolute Gasteiger partial charge is 0.165 e. The van der Waals surface area contributed by atoms with Crippen LogP contribution in [0.3, 0.4) is 0 Å². The molecule has 1 unspecified atom stereocenters. The van der Waals surface area contributed by atoms with Crippen LogP contribution >= 0.6 is 0 Å². The fourth-order valence-corrected chi connectivity index (χ4v) is 2.70. The second-order valence-electron chi connectivity index (χ2n) is 5.75. The molecule has 1 saturated heterocycles. The Kier molecular flexibility index (Phi) is 5.58. The Morgan fingerprint density at radius 1 is 1.29 bits per heavy atom. The van der Waals surface area contributed by atoms with Crippen LogP contribution in [0.25, 0.3) is 0 Å². The number of nitrogens with two attached hydrogens (primary N) is 1. The molecular weight excluding hydrogens is 270 g/mol. The van der Waals surface area contributed by atoms with E-state index in [0.717, 1.165) is 30.4 Å². The molecule has 1 aromatic rings. The summed E-state index contributed by atoms with van der Waals surface area (Å²) in [5.74, 6) is -0.460. The van der Waals surface area contributed by atoms with E-state index in [1.54, 1.807) is 0 Å². The van der Waals surface area contributed by atoms with Gasteiger partial charge in [-0.1, -0.05) is 6.07 Å². The standard InChI is InChI=1S/C16H25NO4/c1-16(20-7-8-21-16)6-2-3-12-4-5-14(17)9-13(12)10-15(19)11-18/h4-5,9,15,18-19H,2-3,6-8,10-11,17H2,1H3. The van der Waals surface area contributed by atoms with E-state index < -0.39 is 11.9 Å². The van der Waals surface area contributed by atoms with Crippen LogP contribution < -0.4 is 5.73 Å². The van der Waals surface area contributed by atoms with Crippen LogP contribution in [0.2, 0.25) is 0 Å². The van der Waals surface area contributed by atoms with Crippen LogP contribution in [0.1, 0.15) is 30.9 Å². The van der Waals surface area contributed by atoms with Gasteiger partial charge in [0, 0.05) is 18.5 Å². The van der Waals surface area contributed by atoms with E-state index in [0.29, 0.717) is 25.3 Å². The first-order chi connectivity index (χ1) is 10.0. The van der Waals surface area contributed by atoms with Crippen molar-refractivity contribution in [2.75, 3.05) is 25.6 Å². The van der Waals surface area contributed by atoms with E-state index in [2.05, 4.69) is 0 Å². The first kappa shape index (κ1) is 16.2. The van der Waals surface area contributed by atoms with Crippen LogP contribution in [0.4, 0.5) is 5.69 Å². The zero-order valence-corrected chi connectivity index (χ0v) is 12.5. The molecule has 2 rings (SSSR count). The molecule has 21 heavy (non-hydrogen) atoms. The number of aryl methyl sites for hydroxylation is 1. The summed E-state index contributed by atoms with van der Waals surface area (Å²) in [4.78, 5) is 0. The van der Waals surface area contributed by atoms with Crippen molar-refractivity contribution in [3.8, 4) is 0 Å². The van der Waals surface area contributed by atoms with Crippen molar-refractivity contribution in [3.05, 3.63) is 29.3 Å². The minimum absolute atomic E-state index is 0.242. The summed E-state index contributed by atoms with van der Waals surface area (Å²) in [6.07, 6.45) is 2.31. The highest BCUT2D eigenvalue weighted by Crippen LogP contribution is 2.26. The van der Waals surface area contributed by atoms with Crippen LogP contribution in [-0.4, -0.2) is 41.9 Å². The van der Waals surface area contributed by atoms with Crippen molar-refractivity contribution in [3.63, 3.8) is 0 Å². The Hall–Kier alpha value is -1.14. The third kappa shape index (κ3) is 4.68. The summed E-state index contributed by atoms with van der Waals surface area (Å²) in [7, 11) is 0. The lowest BCUT2D eigenvalue weighted by atomic mass is 9.96. The molecule has 1 atom stereocenters. The third-order valence-corrected chi connectivity index (χ3v) is 3.87. The molecule has 5 heteroatoms. The molecule has 1 heterocycles. The van der Waals surface area contributed by atoms with Gasteiger partial charge in [-0.05, 0) is 43.0 Å². The zero-order chi connectivity index (χ0) is 15.3. The Morgan fingerprint density at radius 3 is 2.67 bits per heavy atom. The molecular formula is C16H25NO4. The van der Waals surface area contributed by atoms with Gasteiger partial charge >= 0.3 is 0 Å². The summed E-state index contributed by atoms with van der Waals surface area (Å²) < 4.78 is 11.2. The van der Waals surface area contributed by atoms with E-state index in [1.807, 2.05) is 25.1 Å². The molecule has 4 N–H and O–H groups in total. The number of ether oxygens (including phenoxy) is 2. The van der Waals surface area contributed by atoms with Gasteiger partial charge < -0.3 is 25.4 Å². The summed E-state index contributed by atoms with van der Waals surface area (Å²) in [5, 5.41) is 18.6. The van der Waals surface area contributed by atoms with Crippen molar-refractivity contribution in [1.29, 1.82) is 0 Å². The normalized spacial score (nSPS) is 18.8. The summed E-state index contributed by atoms with van der Waals surface area (Å²) >= 11 is 0. The van der Waals surface area contributed by atoms with Crippen molar-refractivity contribution in [2.24, 2.45) is 0 Å². The minimum atomic E-state index is -0.746. The van der Waals surface area contributed by atoms with Gasteiger partial charge in [0.25, 0.3) is 0 Å². The highest BCUT2D eigenvalue weighted by Gasteiger charge is 2.30. The maximum absolute atomic E-state index is 9.63. The number of aliphatic hydroxyl groups excluding tert-OH is 2. The van der Waals surface area contributed by atoms with Gasteiger partial charge in [0.2, 0.25) is 0 Å². The van der Waals surface area contributed by atoms with Crippen molar-refractivity contribution in [2.45, 2.75) is 44.5 Å². The fourth-order valence-electron chi connectivity index (χ4n) is 2.70. The van der Waals surface area contributed by atoms with Gasteiger partial charge in [-0.2, -0.15) is 0 Å². The molecule has 1 aliphatic rings. The highest BCUT2D eigenvalue weighted by atomic mass is 16.7. The van der Waals surface area contributed by atoms with Gasteiger partial charge in [-0.3, -0.25) is 0 Å². The van der Waals surface area contributed by atoms with Crippen LogP contribution in [0, 0.1) is 0 Å². The van der Waals surface area contributed by atoms with Crippen LogP contribution in [-0.2, 0) is 22.3 Å². The number of benzene rings is 1. The van der Waals surface area contributed by atoms with Crippen LogP contribution in [0.5, 0.6) is 0 Å². The molecule has 0 amide bonds. The topological polar surface area (TPSA) is 84.9 Å². The van der Waals surface area contributed by atoms with Gasteiger partial charge in [0.1, 0.15) is 0 Å². The van der Waals surface area contributed by atoms with E-state index >= 15 is 0 Å². The van der Waals surface area contributed by atoms with Crippen molar-refractivity contribution in [1.82, 2.24) is 0 Å². The summed E-state index contributed by atoms with van der Waals surface area (Å²) in [5.41, 5.74) is 8.63. The average molecular weight is 295 g/mol. The van der Waals surface area contributed by atoms with Gasteiger partial charge in [0.15, 0.2) is 5.79 Å². The maximum Gasteiger partial charge on any atom is 0.165 e. The molecule has 0 saturated carbocycles. The van der Waals surface area contributed by atoms with E-state index in [1.165, 1.54) is 0 Å². The Morgan fingerprint density at radius 2 is 2.00 bits per heavy atom. The lowest BCUT2D eigenvalue weighted by Gasteiger charge is -2.22. The lowest BCUT2D eigenvalue weighted by Crippen LogP contribution is -2.25. The molecule has 5 nitrogen and oxygen atoms in total. The SMILES string of the molecule is CC1(CCCc2ccc(N)cc2CC(O)CO)OCCO1. The molecule has 0 radical (unpaired) electrons. The molecule has 0 spiro atoms. The van der Waals surface area contributed by atoms with Gasteiger partial charge in [-0.25, -0.2) is 0 Å². The molecule has 118 valence electrons. The zero-order valence-electron chi connectivity index (χ0n) is 12.5. The summed E-state index contributed by atoms with van der Waals surface area (Å²) in [6.45, 7) is 3.05. The molecule has 0 aliphatic carbocycles. The van der Waals surface area contributed by atoms with Gasteiger partial charge in [-0.15, -0.1) is 0 Å². The number of rotatable bonds is 7. The van der Waals surface area contributed by atoms with E-state index in [-0.39, 0.29) is 6.61 Å². The number of hydrogen-bond acceptors (Lipinski definition) is 5. The predicted octanol–water partition coefficient (Wildman–Crippen LogP) is 1.25. The van der Waals surface area contributed by atoms with Crippen molar-refractivity contribution < 1.29 is 19.7 Å². The number of hydrogen-bond donors (Lipinski definition) is 3. The largest absolute Gasteiger partial charge is 0.399 e. The maximum atomic E-state index is 9.63. The second kappa shape index (κ2) is 7.22. The predicted molar refractivity (Wildman–Crippen MR) is 80.9 cm³/mol. The number of aliphatic hydroxyl groups is 2. The van der Waals surface area contributed by atoms with Gasteiger partial charge in [0.05, 0.1) is 25.9 Å². The minimum Gasteiger partial charge on any atom is -0.399 e. The quantitative estimate of drug-likeness (QED) is 0.659. The Balaban J connectivity index is 1.95. The second-order valence-corrected chi connectivity index (χ2v) is 5.75. The lowest BCUT2D eigenvalue weighted by molar-refractivity contribution is -0.147. The molecule has 0 bridgehead atoms. The van der Waals surface area contributed by atoms with E-state index in [9.17, 15) is 5.11 Å². The van der Waals surface area contributed by atoms with Crippen molar-refractivity contribution >= 4 is 5.69 Å². The fraction of sp³-hybridized carbons (Fsp3) is 0.625. The third-order valence-electron chi connectivity index (χ3n) is 3.87. The highest BCUT2D eigenvalue weighted by molar-refractivity contribution is 5.45.